The van der Waals surface area contributed by atoms with Gasteiger partial charge in [-0.05, 0) is 323 Å². The molecule has 18 nitrogen and oxygen atoms in total. The summed E-state index contributed by atoms with van der Waals surface area (Å²) < 4.78 is 111. The van der Waals surface area contributed by atoms with Crippen LogP contribution in [0.25, 0.3) is 0 Å². The fraction of sp³-hybridized carbons (Fsp3) is 0.256. The molecule has 15 aromatic rings. The Morgan fingerprint density at radius 3 is 0.863 bits per heavy atom. The van der Waals surface area contributed by atoms with Gasteiger partial charge in [0.05, 0.1) is 16.9 Å². The molecule has 146 heavy (non-hydrogen) atoms. The van der Waals surface area contributed by atoms with Crippen LogP contribution < -0.4 is 4.74 Å². The number of aromatic hydroxyl groups is 15. The predicted octanol–water partition coefficient (Wildman–Crippen LogP) is 29.1. The number of halogens is 6. The lowest BCUT2D eigenvalue weighted by Crippen LogP contribution is -2.54. The van der Waals surface area contributed by atoms with Crippen LogP contribution in [0.2, 0.25) is 0 Å². The van der Waals surface area contributed by atoms with Crippen molar-refractivity contribution < 1.29 is 116 Å². The van der Waals surface area contributed by atoms with Crippen LogP contribution >= 0.6 is 0 Å². The van der Waals surface area contributed by atoms with Crippen LogP contribution in [-0.2, 0) is 31.5 Å². The maximum Gasteiger partial charge on any atom is 0.411 e. The summed E-state index contributed by atoms with van der Waals surface area (Å²) in [5.41, 5.74) is 8.85. The van der Waals surface area contributed by atoms with Gasteiger partial charge < -0.3 is 81.3 Å². The zero-order valence-electron chi connectivity index (χ0n) is 83.0. The molecule has 2 saturated carbocycles. The first-order valence-electron chi connectivity index (χ1n) is 48.0. The average molecular weight is 2010 g/mol. The first-order valence-corrected chi connectivity index (χ1v) is 49.5. The molecule has 2 aliphatic rings. The number of hydrogen-bond acceptors (Lipinski definition) is 18. The van der Waals surface area contributed by atoms with Crippen LogP contribution in [0.1, 0.15) is 237 Å². The summed E-state index contributed by atoms with van der Waals surface area (Å²) in [5, 5.41) is 144. The minimum absolute atomic E-state index is 0.00894. The van der Waals surface area contributed by atoms with Gasteiger partial charge in [0.25, 0.3) is 0 Å². The van der Waals surface area contributed by atoms with Crippen molar-refractivity contribution in [3.63, 3.8) is 0 Å². The number of ether oxygens (including phenoxy) is 1. The molecule has 2 aliphatic carbocycles. The lowest BCUT2D eigenvalue weighted by Gasteiger charge is -2.38. The molecule has 0 atom stereocenters. The van der Waals surface area contributed by atoms with Crippen molar-refractivity contribution in [3.8, 4) is 92.0 Å². The van der Waals surface area contributed by atoms with E-state index in [-0.39, 0.29) is 89.6 Å². The second kappa shape index (κ2) is 48.3. The monoisotopic (exact) mass is 2010 g/mol. The SMILES string of the molecule is CC(C)(c1ccc(O)cc1)c1ccc(O)cc1.CC(c1ccc(O)cc1)c1ccc(O)cc1.CCC(C)(c1ccc(O)cc1)c1ccc(O)cc1.COc1cccc(C(c2ccc(O)c(C3CCCCC3)c2)c2ccc(O)c(C3CCCCC3)c2)c1O.Cc1cc(C(C)(C)c2ccc(O)c(C)c2)ccc1O.O=S(=O)(c1ccc(O)cc1)c1ccc(O)cc1.Oc1ccc(C(c2ccc(O)cc2)(C(F)(F)F)C(F)(F)F)cc1. The largest absolute Gasteiger partial charge is 0.508 e. The fourth-order valence-electron chi connectivity index (χ4n) is 18.4. The zero-order valence-corrected chi connectivity index (χ0v) is 83.8. The Hall–Kier alpha value is -15.4. The molecule has 2 fully saturated rings. The molecule has 0 unspecified atom stereocenters. The van der Waals surface area contributed by atoms with Gasteiger partial charge in [-0.3, -0.25) is 0 Å². The summed E-state index contributed by atoms with van der Waals surface area (Å²) >= 11 is 0. The molecule has 15 aromatic carbocycles. The Labute approximate surface area is 848 Å². The Morgan fingerprint density at radius 1 is 0.315 bits per heavy atom. The Balaban J connectivity index is 0.000000166. The Kier molecular flexibility index (Phi) is 36.8. The lowest BCUT2D eigenvalue weighted by atomic mass is 9.73. The summed E-state index contributed by atoms with van der Waals surface area (Å²) in [7, 11) is -2.03. The Bertz CT molecular complexity index is 6500. The summed E-state index contributed by atoms with van der Waals surface area (Å²) in [6, 6.07) is 88.2. The number of hydrogen-bond donors (Lipinski definition) is 15. The third kappa shape index (κ3) is 27.2. The van der Waals surface area contributed by atoms with Gasteiger partial charge >= 0.3 is 12.4 Å². The van der Waals surface area contributed by atoms with Gasteiger partial charge in [0, 0.05) is 33.6 Å². The van der Waals surface area contributed by atoms with Crippen molar-refractivity contribution >= 4 is 9.84 Å². The highest BCUT2D eigenvalue weighted by molar-refractivity contribution is 7.91. The standard InChI is InChI=1S/C32H38O4.C17H20O2.C16H18O2.C15H10F6O2.C15H16O2.C14H14O2.C12H10O4S/c1-36-30-14-8-13-25(32(30)35)31(23-15-17-28(33)26(19-23)21-9-4-2-5-10-21)24-16-18-29(34)27(20-24)22-11-6-3-7-12-22;1-11-9-13(5-7-15(11)18)17(3,4)14-6-8-16(19)12(2)10-14;1-3-16(2,12-4-8-14(17)9-5-12)13-6-10-15(18)11-7-13;16-14(17,18)13(15(19,20)21,9-1-5-11(22)6-2-9)10-3-7-12(23)8-4-10;1-15(2,11-3-7-13(16)8-4-11)12-5-9-14(17)10-6-12;1-10(11-2-6-13(15)7-3-11)12-4-8-14(16)9-5-12;13-9-1-5-11(6-2-9)17(15,16)12-7-3-10(14)4-8-12/h8,13-22,31,33-35H,2-7,9-12H2,1H3;5-10,18-19H,1-4H3;4-11,17-18H,3H2,1-2H3;1-8,22-23H;3-10,16-17H,1-2H3;2-10,15-16H,1H3;1-8,13-14H. The van der Waals surface area contributed by atoms with E-state index >= 15 is 0 Å². The van der Waals surface area contributed by atoms with Crippen molar-refractivity contribution in [2.75, 3.05) is 7.11 Å². The van der Waals surface area contributed by atoms with Crippen molar-refractivity contribution in [2.24, 2.45) is 0 Å². The number of alkyl halides is 6. The second-order valence-electron chi connectivity index (χ2n) is 38.0. The summed E-state index contributed by atoms with van der Waals surface area (Å²) in [5.74, 6) is 3.39. The van der Waals surface area contributed by atoms with Crippen LogP contribution in [0.15, 0.2) is 343 Å². The van der Waals surface area contributed by atoms with Gasteiger partial charge in [0.15, 0.2) is 11.5 Å². The number of benzene rings is 15. The second-order valence-corrected chi connectivity index (χ2v) is 39.9. The normalized spacial score (nSPS) is 13.1. The van der Waals surface area contributed by atoms with Gasteiger partial charge in [-0.2, -0.15) is 26.3 Å². The van der Waals surface area contributed by atoms with Crippen LogP contribution in [0.4, 0.5) is 26.3 Å². The van der Waals surface area contributed by atoms with E-state index in [9.17, 15) is 90.9 Å². The average Bonchev–Trinajstić information content (AvgIpc) is 0.713. The highest BCUT2D eigenvalue weighted by Crippen LogP contribution is 2.57. The smallest absolute Gasteiger partial charge is 0.411 e. The van der Waals surface area contributed by atoms with E-state index in [1.165, 1.54) is 87.1 Å². The Morgan fingerprint density at radius 2 is 0.575 bits per heavy atom. The molecule has 25 heteroatoms. The van der Waals surface area contributed by atoms with E-state index in [4.69, 9.17) is 25.2 Å². The number of rotatable bonds is 19. The van der Waals surface area contributed by atoms with Crippen LogP contribution in [0.3, 0.4) is 0 Å². The third-order valence-electron chi connectivity index (χ3n) is 27.7. The predicted molar refractivity (Wildman–Crippen MR) is 557 cm³/mol. The molecular formula is C121H126F6O18S. The first-order chi connectivity index (χ1) is 69.1. The van der Waals surface area contributed by atoms with E-state index in [2.05, 4.69) is 60.6 Å². The number of sulfone groups is 1. The van der Waals surface area contributed by atoms with Crippen LogP contribution in [-0.4, -0.2) is 104 Å². The number of para-hydroxylation sites is 1. The van der Waals surface area contributed by atoms with Crippen molar-refractivity contribution in [1.29, 1.82) is 0 Å². The molecule has 0 aromatic heterocycles. The minimum atomic E-state index is -5.70. The topological polar surface area (TPSA) is 347 Å². The van der Waals surface area contributed by atoms with Crippen LogP contribution in [0.5, 0.6) is 92.0 Å². The summed E-state index contributed by atoms with van der Waals surface area (Å²) in [6.45, 7) is 18.7. The highest BCUT2D eigenvalue weighted by atomic mass is 32.2. The maximum absolute atomic E-state index is 13.6. The van der Waals surface area contributed by atoms with E-state index in [0.717, 1.165) is 140 Å². The van der Waals surface area contributed by atoms with E-state index < -0.39 is 50.2 Å². The van der Waals surface area contributed by atoms with Crippen molar-refractivity contribution in [1.82, 2.24) is 0 Å². The molecule has 0 aliphatic heterocycles. The molecule has 0 amide bonds. The van der Waals surface area contributed by atoms with Crippen molar-refractivity contribution in [2.45, 2.75) is 200 Å². The van der Waals surface area contributed by atoms with Gasteiger partial charge in [-0.15, -0.1) is 0 Å². The molecule has 0 bridgehead atoms. The molecule has 15 N–H and O–H groups in total. The molecule has 0 heterocycles. The van der Waals surface area contributed by atoms with Gasteiger partial charge in [0.1, 0.15) is 80.5 Å². The maximum atomic E-state index is 13.6. The fourth-order valence-corrected chi connectivity index (χ4v) is 19.7. The number of aryl methyl sites for hydroxylation is 2. The zero-order chi connectivity index (χ0) is 106. The quantitative estimate of drug-likeness (QED) is 0.0264. The molecule has 0 radical (unpaired) electrons. The van der Waals surface area contributed by atoms with Crippen LogP contribution in [0, 0.1) is 13.8 Å². The minimum Gasteiger partial charge on any atom is -0.508 e. The van der Waals surface area contributed by atoms with E-state index in [0.29, 0.717) is 64.8 Å². The lowest BCUT2D eigenvalue weighted by molar-refractivity contribution is -0.288. The van der Waals surface area contributed by atoms with Gasteiger partial charge in [-0.1, -0.05) is 245 Å². The first kappa shape index (κ1) is 111. The number of phenolic OH excluding ortho intramolecular Hbond substituents is 15. The number of methoxy groups -OCH3 is 1. The molecule has 0 saturated heterocycles. The van der Waals surface area contributed by atoms with Crippen molar-refractivity contribution in [3.05, 3.63) is 428 Å². The molecule has 0 spiro atoms. The van der Waals surface area contributed by atoms with Gasteiger partial charge in [0.2, 0.25) is 15.3 Å². The van der Waals surface area contributed by atoms with E-state index in [1.54, 1.807) is 98.1 Å². The highest BCUT2D eigenvalue weighted by Gasteiger charge is 2.72. The molecule has 766 valence electrons. The summed E-state index contributed by atoms with van der Waals surface area (Å²) in [4.78, 5) is 0.196. The number of phenols is 15. The third-order valence-corrected chi connectivity index (χ3v) is 29.5. The summed E-state index contributed by atoms with van der Waals surface area (Å²) in [6.07, 6.45) is 1.22. The van der Waals surface area contributed by atoms with Gasteiger partial charge in [-0.25, -0.2) is 8.42 Å². The molecule has 17 rings (SSSR count). The van der Waals surface area contributed by atoms with E-state index in [1.807, 2.05) is 147 Å². The molecular weight excluding hydrogens is 1890 g/mol.